The lowest BCUT2D eigenvalue weighted by Gasteiger charge is -2.18. The van der Waals surface area contributed by atoms with Gasteiger partial charge in [-0.05, 0) is 54.3 Å². The summed E-state index contributed by atoms with van der Waals surface area (Å²) in [7, 11) is 0. The van der Waals surface area contributed by atoms with E-state index in [4.69, 9.17) is 17.4 Å². The Bertz CT molecular complexity index is 578. The predicted molar refractivity (Wildman–Crippen MR) is 84.2 cm³/mol. The van der Waals surface area contributed by atoms with Gasteiger partial charge in [0.1, 0.15) is 0 Å². The molecule has 0 amide bonds. The molecule has 1 atom stereocenters. The van der Waals surface area contributed by atoms with E-state index in [1.165, 1.54) is 5.56 Å². The minimum atomic E-state index is -0.0747. The van der Waals surface area contributed by atoms with Crippen LogP contribution >= 0.6 is 27.5 Å². The van der Waals surface area contributed by atoms with Crippen molar-refractivity contribution in [3.05, 3.63) is 68.1 Å². The zero-order valence-electron chi connectivity index (χ0n) is 10.9. The van der Waals surface area contributed by atoms with Crippen LogP contribution in [0.5, 0.6) is 0 Å². The molecule has 2 aromatic carbocycles. The van der Waals surface area contributed by atoms with Gasteiger partial charge in [-0.15, -0.1) is 0 Å². The van der Waals surface area contributed by atoms with E-state index in [1.54, 1.807) is 0 Å². The van der Waals surface area contributed by atoms with Crippen LogP contribution in [0.2, 0.25) is 5.02 Å². The molecule has 0 fully saturated rings. The van der Waals surface area contributed by atoms with Crippen molar-refractivity contribution < 1.29 is 0 Å². The quantitative estimate of drug-likeness (QED) is 0.647. The second kappa shape index (κ2) is 6.06. The average molecular weight is 340 g/mol. The van der Waals surface area contributed by atoms with Crippen LogP contribution in [0.4, 0.5) is 0 Å². The standard InChI is InChI=1S/C15H16BrClN2/c1-9-5-12(7-13(16)6-9)15(19-18)11-4-3-10(2)14(17)8-11/h3-8,15,19H,18H2,1-2H3. The maximum Gasteiger partial charge on any atom is 0.0711 e. The molecule has 100 valence electrons. The Morgan fingerprint density at radius 3 is 2.42 bits per heavy atom. The van der Waals surface area contributed by atoms with Gasteiger partial charge in [0.05, 0.1) is 6.04 Å². The number of rotatable bonds is 3. The highest BCUT2D eigenvalue weighted by molar-refractivity contribution is 9.10. The summed E-state index contributed by atoms with van der Waals surface area (Å²) in [6.45, 7) is 4.05. The Hall–Kier alpha value is -0.870. The van der Waals surface area contributed by atoms with Gasteiger partial charge in [0, 0.05) is 9.50 Å². The molecular formula is C15H16BrClN2. The molecule has 0 radical (unpaired) electrons. The van der Waals surface area contributed by atoms with Gasteiger partial charge in [0.15, 0.2) is 0 Å². The summed E-state index contributed by atoms with van der Waals surface area (Å²) in [4.78, 5) is 0. The smallest absolute Gasteiger partial charge is 0.0711 e. The van der Waals surface area contributed by atoms with Gasteiger partial charge in [0.25, 0.3) is 0 Å². The number of benzene rings is 2. The number of hydrogen-bond acceptors (Lipinski definition) is 2. The fourth-order valence-corrected chi connectivity index (χ4v) is 2.92. The minimum absolute atomic E-state index is 0.0747. The second-order valence-electron chi connectivity index (χ2n) is 4.67. The minimum Gasteiger partial charge on any atom is -0.271 e. The van der Waals surface area contributed by atoms with Gasteiger partial charge < -0.3 is 0 Å². The van der Waals surface area contributed by atoms with Crippen molar-refractivity contribution in [1.29, 1.82) is 0 Å². The highest BCUT2D eigenvalue weighted by atomic mass is 79.9. The van der Waals surface area contributed by atoms with E-state index in [1.807, 2.05) is 25.1 Å². The summed E-state index contributed by atoms with van der Waals surface area (Å²) in [5.41, 5.74) is 7.26. The molecule has 0 aliphatic heterocycles. The molecule has 2 rings (SSSR count). The molecule has 2 aromatic rings. The molecule has 0 aromatic heterocycles. The lowest BCUT2D eigenvalue weighted by atomic mass is 9.97. The topological polar surface area (TPSA) is 38.0 Å². The van der Waals surface area contributed by atoms with Gasteiger partial charge in [0.2, 0.25) is 0 Å². The van der Waals surface area contributed by atoms with E-state index >= 15 is 0 Å². The Morgan fingerprint density at radius 2 is 1.84 bits per heavy atom. The first-order chi connectivity index (χ1) is 9.01. The Labute approximate surface area is 127 Å². The van der Waals surface area contributed by atoms with Crippen molar-refractivity contribution in [3.63, 3.8) is 0 Å². The summed E-state index contributed by atoms with van der Waals surface area (Å²) in [5, 5.41) is 0.754. The van der Waals surface area contributed by atoms with Crippen LogP contribution in [-0.2, 0) is 0 Å². The van der Waals surface area contributed by atoms with E-state index in [0.29, 0.717) is 0 Å². The first-order valence-electron chi connectivity index (χ1n) is 6.00. The zero-order valence-corrected chi connectivity index (χ0v) is 13.2. The molecule has 3 N–H and O–H groups in total. The first kappa shape index (κ1) is 14.5. The Balaban J connectivity index is 2.46. The Kier molecular flexibility index (Phi) is 4.63. The molecule has 4 heteroatoms. The van der Waals surface area contributed by atoms with Crippen LogP contribution in [0.25, 0.3) is 0 Å². The molecular weight excluding hydrogens is 324 g/mol. The van der Waals surface area contributed by atoms with Gasteiger partial charge in [-0.1, -0.05) is 45.7 Å². The SMILES string of the molecule is Cc1cc(Br)cc(C(NN)c2ccc(C)c(Cl)c2)c1. The van der Waals surface area contributed by atoms with Gasteiger partial charge >= 0.3 is 0 Å². The number of nitrogens with one attached hydrogen (secondary N) is 1. The molecule has 0 aliphatic rings. The fraction of sp³-hybridized carbons (Fsp3) is 0.200. The van der Waals surface area contributed by atoms with E-state index in [-0.39, 0.29) is 6.04 Å². The van der Waals surface area contributed by atoms with Crippen LogP contribution in [0.1, 0.15) is 28.3 Å². The summed E-state index contributed by atoms with van der Waals surface area (Å²) < 4.78 is 1.04. The Morgan fingerprint density at radius 1 is 1.11 bits per heavy atom. The lowest BCUT2D eigenvalue weighted by molar-refractivity contribution is 0.636. The number of hydrogen-bond donors (Lipinski definition) is 2. The third-order valence-corrected chi connectivity index (χ3v) is 3.96. The predicted octanol–water partition coefficient (Wildman–Crippen LogP) is 4.27. The molecule has 0 saturated heterocycles. The van der Waals surface area contributed by atoms with Crippen LogP contribution < -0.4 is 11.3 Å². The van der Waals surface area contributed by atoms with Gasteiger partial charge in [-0.3, -0.25) is 5.84 Å². The normalized spacial score (nSPS) is 12.5. The van der Waals surface area contributed by atoms with Crippen molar-refractivity contribution in [3.8, 4) is 0 Å². The van der Waals surface area contributed by atoms with Crippen molar-refractivity contribution in [1.82, 2.24) is 5.43 Å². The van der Waals surface area contributed by atoms with E-state index in [0.717, 1.165) is 26.2 Å². The van der Waals surface area contributed by atoms with Crippen LogP contribution in [-0.4, -0.2) is 0 Å². The molecule has 0 aliphatic carbocycles. The summed E-state index contributed by atoms with van der Waals surface area (Å²) in [6, 6.07) is 12.2. The van der Waals surface area contributed by atoms with Gasteiger partial charge in [-0.2, -0.15) is 0 Å². The maximum absolute atomic E-state index is 6.19. The van der Waals surface area contributed by atoms with Crippen molar-refractivity contribution in [2.75, 3.05) is 0 Å². The molecule has 0 saturated carbocycles. The highest BCUT2D eigenvalue weighted by Gasteiger charge is 2.14. The molecule has 2 nitrogen and oxygen atoms in total. The number of halogens is 2. The van der Waals surface area contributed by atoms with Gasteiger partial charge in [-0.25, -0.2) is 5.43 Å². The third kappa shape index (κ3) is 3.37. The van der Waals surface area contributed by atoms with Crippen molar-refractivity contribution in [2.24, 2.45) is 5.84 Å². The first-order valence-corrected chi connectivity index (χ1v) is 7.17. The van der Waals surface area contributed by atoms with Crippen LogP contribution in [0, 0.1) is 13.8 Å². The fourth-order valence-electron chi connectivity index (χ4n) is 2.10. The molecule has 19 heavy (non-hydrogen) atoms. The van der Waals surface area contributed by atoms with Crippen molar-refractivity contribution in [2.45, 2.75) is 19.9 Å². The summed E-state index contributed by atoms with van der Waals surface area (Å²) >= 11 is 9.70. The lowest BCUT2D eigenvalue weighted by Crippen LogP contribution is -2.28. The monoisotopic (exact) mass is 338 g/mol. The zero-order chi connectivity index (χ0) is 14.0. The second-order valence-corrected chi connectivity index (χ2v) is 5.99. The molecule has 0 bridgehead atoms. The van der Waals surface area contributed by atoms with Crippen LogP contribution in [0.3, 0.4) is 0 Å². The van der Waals surface area contributed by atoms with Crippen molar-refractivity contribution >= 4 is 27.5 Å². The summed E-state index contributed by atoms with van der Waals surface area (Å²) in [5.74, 6) is 5.72. The van der Waals surface area contributed by atoms with Crippen LogP contribution in [0.15, 0.2) is 40.9 Å². The van der Waals surface area contributed by atoms with E-state index in [2.05, 4.69) is 46.5 Å². The number of aryl methyl sites for hydroxylation is 2. The number of nitrogens with two attached hydrogens (primary N) is 1. The molecule has 0 spiro atoms. The van der Waals surface area contributed by atoms with E-state index < -0.39 is 0 Å². The third-order valence-electron chi connectivity index (χ3n) is 3.09. The average Bonchev–Trinajstić information content (AvgIpc) is 2.33. The number of hydrazine groups is 1. The highest BCUT2D eigenvalue weighted by Crippen LogP contribution is 2.28. The largest absolute Gasteiger partial charge is 0.271 e. The molecule has 0 heterocycles. The maximum atomic E-state index is 6.19. The summed E-state index contributed by atoms with van der Waals surface area (Å²) in [6.07, 6.45) is 0. The molecule has 1 unspecified atom stereocenters. The van der Waals surface area contributed by atoms with E-state index in [9.17, 15) is 0 Å².